The second-order valence-electron chi connectivity index (χ2n) is 5.81. The van der Waals surface area contributed by atoms with Crippen LogP contribution >= 0.6 is 0 Å². The Kier molecular flexibility index (Phi) is 8.01. The normalized spacial score (nSPS) is 12.8. The van der Waals surface area contributed by atoms with Gasteiger partial charge in [-0.15, -0.1) is 0 Å². The molecule has 0 aliphatic rings. The van der Waals surface area contributed by atoms with E-state index in [1.165, 1.54) is 5.56 Å². The molecule has 21 heavy (non-hydrogen) atoms. The first-order valence-corrected chi connectivity index (χ1v) is 7.77. The molecule has 0 saturated carbocycles. The van der Waals surface area contributed by atoms with Gasteiger partial charge in [-0.2, -0.15) is 0 Å². The van der Waals surface area contributed by atoms with Crippen LogP contribution in [-0.4, -0.2) is 41.1 Å². The Bertz CT molecular complexity index is 407. The summed E-state index contributed by atoms with van der Waals surface area (Å²) in [5.41, 5.74) is 6.87. The van der Waals surface area contributed by atoms with Crippen LogP contribution in [0.1, 0.15) is 38.7 Å². The molecule has 0 aromatic heterocycles. The van der Waals surface area contributed by atoms with Crippen LogP contribution in [0.25, 0.3) is 0 Å². The van der Waals surface area contributed by atoms with Crippen LogP contribution < -0.4 is 5.73 Å². The molecule has 0 radical (unpaired) electrons. The third kappa shape index (κ3) is 7.25. The van der Waals surface area contributed by atoms with Crippen LogP contribution in [0.5, 0.6) is 0 Å². The summed E-state index contributed by atoms with van der Waals surface area (Å²) in [4.78, 5) is 13.1. The smallest absolute Gasteiger partial charge is 0.320 e. The highest BCUT2D eigenvalue weighted by Gasteiger charge is 2.12. The average Bonchev–Trinajstić information content (AvgIpc) is 2.46. The first-order chi connectivity index (χ1) is 10.0. The lowest BCUT2D eigenvalue weighted by Crippen LogP contribution is -2.34. The molecule has 0 fully saturated rings. The first kappa shape index (κ1) is 17.7. The van der Waals surface area contributed by atoms with Crippen LogP contribution in [0.15, 0.2) is 30.3 Å². The quantitative estimate of drug-likeness (QED) is 0.650. The summed E-state index contributed by atoms with van der Waals surface area (Å²) in [6.45, 7) is 6.44. The van der Waals surface area contributed by atoms with Crippen molar-refractivity contribution >= 4 is 5.97 Å². The predicted octanol–water partition coefficient (Wildman–Crippen LogP) is 2.52. The fourth-order valence-electron chi connectivity index (χ4n) is 2.35. The van der Waals surface area contributed by atoms with Gasteiger partial charge in [0.25, 0.3) is 0 Å². The summed E-state index contributed by atoms with van der Waals surface area (Å²) in [5.74, 6) is -0.903. The Morgan fingerprint density at radius 1 is 1.19 bits per heavy atom. The standard InChI is InChI=1S/C17H28N2O2/c1-14(2)19(12-7-6-10-16(18)17(20)21)13-11-15-8-4-3-5-9-15/h3-5,8-9,14,16H,6-7,10-13,18H2,1-2H3,(H,20,21)/t16-/m0/s1. The Morgan fingerprint density at radius 3 is 2.43 bits per heavy atom. The third-order valence-corrected chi connectivity index (χ3v) is 3.79. The van der Waals surface area contributed by atoms with Gasteiger partial charge in [-0.3, -0.25) is 4.79 Å². The van der Waals surface area contributed by atoms with Crippen LogP contribution in [0.2, 0.25) is 0 Å². The molecular formula is C17H28N2O2. The lowest BCUT2D eigenvalue weighted by Gasteiger charge is -2.26. The topological polar surface area (TPSA) is 66.6 Å². The maximum atomic E-state index is 10.7. The number of rotatable bonds is 10. The Balaban J connectivity index is 2.28. The van der Waals surface area contributed by atoms with Crippen molar-refractivity contribution in [2.24, 2.45) is 5.73 Å². The van der Waals surface area contributed by atoms with Crippen LogP contribution in [0.4, 0.5) is 0 Å². The fourth-order valence-corrected chi connectivity index (χ4v) is 2.35. The van der Waals surface area contributed by atoms with Crippen LogP contribution in [0.3, 0.4) is 0 Å². The highest BCUT2D eigenvalue weighted by Crippen LogP contribution is 2.08. The molecule has 0 aliphatic heterocycles. The zero-order chi connectivity index (χ0) is 15.7. The van der Waals surface area contributed by atoms with E-state index in [0.717, 1.165) is 32.4 Å². The number of carboxylic acids is 1. The summed E-state index contributed by atoms with van der Waals surface area (Å²) in [6.07, 6.45) is 3.46. The number of carboxylic acid groups (broad SMARTS) is 1. The van der Waals surface area contributed by atoms with Gasteiger partial charge in [-0.1, -0.05) is 36.8 Å². The summed E-state index contributed by atoms with van der Waals surface area (Å²) in [6, 6.07) is 10.3. The van der Waals surface area contributed by atoms with Crippen molar-refractivity contribution < 1.29 is 9.90 Å². The van der Waals surface area contributed by atoms with E-state index < -0.39 is 12.0 Å². The second-order valence-corrected chi connectivity index (χ2v) is 5.81. The summed E-state index contributed by atoms with van der Waals surface area (Å²) < 4.78 is 0. The summed E-state index contributed by atoms with van der Waals surface area (Å²) in [7, 11) is 0. The highest BCUT2D eigenvalue weighted by atomic mass is 16.4. The molecule has 3 N–H and O–H groups in total. The molecule has 0 unspecified atom stereocenters. The molecule has 0 aliphatic carbocycles. The van der Waals surface area contributed by atoms with Crippen molar-refractivity contribution in [1.29, 1.82) is 0 Å². The van der Waals surface area contributed by atoms with Gasteiger partial charge in [0.15, 0.2) is 0 Å². The minimum Gasteiger partial charge on any atom is -0.480 e. The number of hydrogen-bond donors (Lipinski definition) is 2. The molecule has 1 rings (SSSR count). The minimum absolute atomic E-state index is 0.502. The molecule has 1 aromatic carbocycles. The van der Waals surface area contributed by atoms with E-state index in [-0.39, 0.29) is 0 Å². The summed E-state index contributed by atoms with van der Waals surface area (Å²) >= 11 is 0. The molecule has 1 aromatic rings. The molecule has 0 heterocycles. The Labute approximate surface area is 128 Å². The van der Waals surface area contributed by atoms with Gasteiger partial charge < -0.3 is 15.7 Å². The SMILES string of the molecule is CC(C)N(CCCC[C@H](N)C(=O)O)CCc1ccccc1. The number of aliphatic carboxylic acids is 1. The van der Waals surface area contributed by atoms with Gasteiger partial charge in [-0.05, 0) is 45.2 Å². The van der Waals surface area contributed by atoms with Crippen molar-refractivity contribution in [1.82, 2.24) is 4.90 Å². The molecular weight excluding hydrogens is 264 g/mol. The van der Waals surface area contributed by atoms with Gasteiger partial charge in [-0.25, -0.2) is 0 Å². The van der Waals surface area contributed by atoms with Crippen LogP contribution in [0, 0.1) is 0 Å². The summed E-state index contributed by atoms with van der Waals surface area (Å²) in [5, 5.41) is 8.75. The third-order valence-electron chi connectivity index (χ3n) is 3.79. The fraction of sp³-hybridized carbons (Fsp3) is 0.588. The lowest BCUT2D eigenvalue weighted by atomic mass is 10.1. The molecule has 4 nitrogen and oxygen atoms in total. The number of benzene rings is 1. The highest BCUT2D eigenvalue weighted by molar-refractivity contribution is 5.72. The first-order valence-electron chi connectivity index (χ1n) is 7.77. The van der Waals surface area contributed by atoms with Crippen molar-refractivity contribution in [2.75, 3.05) is 13.1 Å². The maximum absolute atomic E-state index is 10.7. The molecule has 4 heteroatoms. The van der Waals surface area contributed by atoms with E-state index in [2.05, 4.69) is 43.0 Å². The van der Waals surface area contributed by atoms with E-state index in [1.54, 1.807) is 0 Å². The van der Waals surface area contributed by atoms with Crippen molar-refractivity contribution in [3.63, 3.8) is 0 Å². The molecule has 0 bridgehead atoms. The molecule has 0 amide bonds. The molecule has 118 valence electrons. The zero-order valence-corrected chi connectivity index (χ0v) is 13.2. The van der Waals surface area contributed by atoms with E-state index in [0.29, 0.717) is 12.5 Å². The van der Waals surface area contributed by atoms with E-state index in [4.69, 9.17) is 10.8 Å². The second kappa shape index (κ2) is 9.53. The van der Waals surface area contributed by atoms with Crippen molar-refractivity contribution in [2.45, 2.75) is 51.6 Å². The minimum atomic E-state index is -0.903. The number of hydrogen-bond acceptors (Lipinski definition) is 3. The van der Waals surface area contributed by atoms with Gasteiger partial charge in [0.2, 0.25) is 0 Å². The van der Waals surface area contributed by atoms with E-state index in [1.807, 2.05) is 6.07 Å². The average molecular weight is 292 g/mol. The van der Waals surface area contributed by atoms with Gasteiger partial charge >= 0.3 is 5.97 Å². The van der Waals surface area contributed by atoms with Crippen LogP contribution in [-0.2, 0) is 11.2 Å². The largest absolute Gasteiger partial charge is 0.480 e. The molecule has 0 saturated heterocycles. The number of unbranched alkanes of at least 4 members (excludes halogenated alkanes) is 1. The van der Waals surface area contributed by atoms with Crippen molar-refractivity contribution in [3.8, 4) is 0 Å². The van der Waals surface area contributed by atoms with E-state index >= 15 is 0 Å². The van der Waals surface area contributed by atoms with Gasteiger partial charge in [0.1, 0.15) is 6.04 Å². The predicted molar refractivity (Wildman–Crippen MR) is 86.3 cm³/mol. The lowest BCUT2D eigenvalue weighted by molar-refractivity contribution is -0.138. The molecule has 0 spiro atoms. The van der Waals surface area contributed by atoms with E-state index in [9.17, 15) is 4.79 Å². The van der Waals surface area contributed by atoms with Gasteiger partial charge in [0.05, 0.1) is 0 Å². The zero-order valence-electron chi connectivity index (χ0n) is 13.2. The Morgan fingerprint density at radius 2 is 1.86 bits per heavy atom. The number of nitrogens with zero attached hydrogens (tertiary/aromatic N) is 1. The maximum Gasteiger partial charge on any atom is 0.320 e. The number of carbonyl (C=O) groups is 1. The Hall–Kier alpha value is -1.39. The monoisotopic (exact) mass is 292 g/mol. The van der Waals surface area contributed by atoms with Gasteiger partial charge in [0, 0.05) is 12.6 Å². The van der Waals surface area contributed by atoms with Crippen molar-refractivity contribution in [3.05, 3.63) is 35.9 Å². The molecule has 1 atom stereocenters. The number of nitrogens with two attached hydrogens (primary N) is 1.